The van der Waals surface area contributed by atoms with Crippen molar-refractivity contribution in [3.8, 4) is 0 Å². The van der Waals surface area contributed by atoms with Gasteiger partial charge >= 0.3 is 0 Å². The molecule has 0 fully saturated rings. The summed E-state index contributed by atoms with van der Waals surface area (Å²) in [4.78, 5) is 0. The topological polar surface area (TPSA) is 0 Å². The highest BCUT2D eigenvalue weighted by atomic mass is 79.9. The van der Waals surface area contributed by atoms with Crippen molar-refractivity contribution in [1.82, 2.24) is 0 Å². The van der Waals surface area contributed by atoms with Gasteiger partial charge in [0.15, 0.2) is 0 Å². The standard InChI is InChI=1S/C19H20BrF/c1-11-4-5-14(10-12(11)2)13(3)15-6-7-16-17(20)8-9-18(21)19(15)16/h4-5,8-10,13,15H,6-7H2,1-3H3. The normalized spacial score (nSPS) is 18.6. The lowest BCUT2D eigenvalue weighted by atomic mass is 9.82. The smallest absolute Gasteiger partial charge is 0.127 e. The van der Waals surface area contributed by atoms with Gasteiger partial charge in [0, 0.05) is 4.47 Å². The fraction of sp³-hybridized carbons (Fsp3) is 0.368. The third-order valence-corrected chi connectivity index (χ3v) is 5.73. The van der Waals surface area contributed by atoms with Crippen molar-refractivity contribution in [3.63, 3.8) is 0 Å². The molecule has 2 heteroatoms. The molecule has 0 spiro atoms. The van der Waals surface area contributed by atoms with Gasteiger partial charge in [-0.2, -0.15) is 0 Å². The number of fused-ring (bicyclic) bond motifs is 1. The zero-order valence-electron chi connectivity index (χ0n) is 12.7. The molecule has 0 aromatic heterocycles. The first-order valence-corrected chi connectivity index (χ1v) is 8.32. The third kappa shape index (κ3) is 2.55. The first-order chi connectivity index (χ1) is 9.99. The van der Waals surface area contributed by atoms with Crippen LogP contribution in [0.3, 0.4) is 0 Å². The predicted molar refractivity (Wildman–Crippen MR) is 89.5 cm³/mol. The van der Waals surface area contributed by atoms with Gasteiger partial charge in [0.05, 0.1) is 0 Å². The second-order valence-corrected chi connectivity index (χ2v) is 7.05. The van der Waals surface area contributed by atoms with Gasteiger partial charge in [-0.15, -0.1) is 0 Å². The van der Waals surface area contributed by atoms with E-state index in [9.17, 15) is 4.39 Å². The lowest BCUT2D eigenvalue weighted by Gasteiger charge is -2.22. The summed E-state index contributed by atoms with van der Waals surface area (Å²) >= 11 is 3.57. The Morgan fingerprint density at radius 2 is 1.90 bits per heavy atom. The van der Waals surface area contributed by atoms with Gasteiger partial charge in [-0.05, 0) is 78.5 Å². The van der Waals surface area contributed by atoms with Crippen molar-refractivity contribution >= 4 is 15.9 Å². The van der Waals surface area contributed by atoms with Crippen LogP contribution >= 0.6 is 15.9 Å². The van der Waals surface area contributed by atoms with Gasteiger partial charge in [0.25, 0.3) is 0 Å². The first-order valence-electron chi connectivity index (χ1n) is 7.53. The highest BCUT2D eigenvalue weighted by Gasteiger charge is 2.32. The van der Waals surface area contributed by atoms with Crippen LogP contribution in [0.5, 0.6) is 0 Å². The summed E-state index contributed by atoms with van der Waals surface area (Å²) in [6, 6.07) is 10.1. The second-order valence-electron chi connectivity index (χ2n) is 6.20. The zero-order chi connectivity index (χ0) is 15.1. The lowest BCUT2D eigenvalue weighted by molar-refractivity contribution is 0.532. The molecular weight excluding hydrogens is 327 g/mol. The molecule has 0 heterocycles. The Bertz CT molecular complexity index is 690. The molecule has 0 saturated carbocycles. The number of aryl methyl sites for hydroxylation is 2. The fourth-order valence-corrected chi connectivity index (χ4v) is 4.03. The number of rotatable bonds is 2. The quantitative estimate of drug-likeness (QED) is 0.621. The summed E-state index contributed by atoms with van der Waals surface area (Å²) in [7, 11) is 0. The molecule has 2 aromatic rings. The third-order valence-electron chi connectivity index (χ3n) is 4.98. The van der Waals surface area contributed by atoms with Gasteiger partial charge in [-0.1, -0.05) is 41.1 Å². The molecule has 2 unspecified atom stereocenters. The largest absolute Gasteiger partial charge is 0.207 e. The molecular formula is C19H20BrF. The lowest BCUT2D eigenvalue weighted by Crippen LogP contribution is -2.07. The summed E-state index contributed by atoms with van der Waals surface area (Å²) in [6.45, 7) is 6.50. The molecule has 2 atom stereocenters. The van der Waals surface area contributed by atoms with Gasteiger partial charge < -0.3 is 0 Å². The molecule has 0 bridgehead atoms. The van der Waals surface area contributed by atoms with Crippen LogP contribution in [0.1, 0.15) is 53.0 Å². The highest BCUT2D eigenvalue weighted by molar-refractivity contribution is 9.10. The molecule has 0 amide bonds. The van der Waals surface area contributed by atoms with Crippen LogP contribution in [-0.4, -0.2) is 0 Å². The van der Waals surface area contributed by atoms with Crippen LogP contribution in [0, 0.1) is 19.7 Å². The van der Waals surface area contributed by atoms with E-state index in [-0.39, 0.29) is 11.7 Å². The Labute approximate surface area is 134 Å². The van der Waals surface area contributed by atoms with E-state index in [0.717, 1.165) is 28.4 Å². The van der Waals surface area contributed by atoms with Crippen LogP contribution < -0.4 is 0 Å². The Hall–Kier alpha value is -1.15. The molecule has 3 rings (SSSR count). The monoisotopic (exact) mass is 346 g/mol. The van der Waals surface area contributed by atoms with Gasteiger partial charge in [-0.25, -0.2) is 4.39 Å². The molecule has 2 aromatic carbocycles. The van der Waals surface area contributed by atoms with E-state index in [1.165, 1.54) is 16.7 Å². The number of hydrogen-bond donors (Lipinski definition) is 0. The SMILES string of the molecule is Cc1ccc(C(C)C2CCc3c(Br)ccc(F)c32)cc1C. The summed E-state index contributed by atoms with van der Waals surface area (Å²) in [5.74, 6) is 0.570. The molecule has 21 heavy (non-hydrogen) atoms. The van der Waals surface area contributed by atoms with Crippen molar-refractivity contribution in [2.24, 2.45) is 0 Å². The van der Waals surface area contributed by atoms with E-state index in [0.29, 0.717) is 5.92 Å². The minimum absolute atomic E-state index is 0.0496. The van der Waals surface area contributed by atoms with Gasteiger partial charge in [0.1, 0.15) is 5.82 Å². The molecule has 0 nitrogen and oxygen atoms in total. The molecule has 110 valence electrons. The van der Waals surface area contributed by atoms with Crippen molar-refractivity contribution in [2.45, 2.75) is 45.4 Å². The predicted octanol–water partition coefficient (Wildman–Crippen LogP) is 6.04. The number of hydrogen-bond acceptors (Lipinski definition) is 0. The van der Waals surface area contributed by atoms with Crippen molar-refractivity contribution in [3.05, 3.63) is 68.4 Å². The van der Waals surface area contributed by atoms with Crippen molar-refractivity contribution in [1.29, 1.82) is 0 Å². The van der Waals surface area contributed by atoms with E-state index in [4.69, 9.17) is 0 Å². The molecule has 0 radical (unpaired) electrons. The van der Waals surface area contributed by atoms with Crippen LogP contribution in [0.4, 0.5) is 4.39 Å². The van der Waals surface area contributed by atoms with E-state index in [1.807, 2.05) is 6.07 Å². The minimum Gasteiger partial charge on any atom is -0.207 e. The molecule has 0 N–H and O–H groups in total. The maximum absolute atomic E-state index is 14.3. The molecule has 1 aliphatic rings. The Balaban J connectivity index is 2.00. The maximum atomic E-state index is 14.3. The molecule has 1 aliphatic carbocycles. The highest BCUT2D eigenvalue weighted by Crippen LogP contribution is 2.46. The summed E-state index contributed by atoms with van der Waals surface area (Å²) in [5, 5.41) is 0. The second kappa shape index (κ2) is 5.57. The Kier molecular flexibility index (Phi) is 3.92. The Morgan fingerprint density at radius 1 is 1.14 bits per heavy atom. The van der Waals surface area contributed by atoms with E-state index in [1.54, 1.807) is 6.07 Å². The van der Waals surface area contributed by atoms with Crippen LogP contribution in [0.2, 0.25) is 0 Å². The maximum Gasteiger partial charge on any atom is 0.127 e. The van der Waals surface area contributed by atoms with Crippen LogP contribution in [-0.2, 0) is 6.42 Å². The zero-order valence-corrected chi connectivity index (χ0v) is 14.3. The van der Waals surface area contributed by atoms with Gasteiger partial charge in [-0.3, -0.25) is 0 Å². The minimum atomic E-state index is -0.0496. The summed E-state index contributed by atoms with van der Waals surface area (Å²) < 4.78 is 15.4. The molecule has 0 aliphatic heterocycles. The molecule has 0 saturated heterocycles. The van der Waals surface area contributed by atoms with Gasteiger partial charge in [0.2, 0.25) is 0 Å². The summed E-state index contributed by atoms with van der Waals surface area (Å²) in [5.41, 5.74) is 6.03. The van der Waals surface area contributed by atoms with Crippen molar-refractivity contribution in [2.75, 3.05) is 0 Å². The van der Waals surface area contributed by atoms with Crippen molar-refractivity contribution < 1.29 is 4.39 Å². The van der Waals surface area contributed by atoms with Crippen LogP contribution in [0.15, 0.2) is 34.8 Å². The van der Waals surface area contributed by atoms with E-state index < -0.39 is 0 Å². The number of halogens is 2. The first kappa shape index (κ1) is 14.8. The average Bonchev–Trinajstić information content (AvgIpc) is 2.91. The van der Waals surface area contributed by atoms with E-state index in [2.05, 4.69) is 54.9 Å². The van der Waals surface area contributed by atoms with Crippen LogP contribution in [0.25, 0.3) is 0 Å². The average molecular weight is 347 g/mol. The Morgan fingerprint density at radius 3 is 2.62 bits per heavy atom. The van der Waals surface area contributed by atoms with E-state index >= 15 is 0 Å². The fourth-order valence-electron chi connectivity index (χ4n) is 3.49. The number of benzene rings is 2. The summed E-state index contributed by atoms with van der Waals surface area (Å²) in [6.07, 6.45) is 2.00.